The minimum absolute atomic E-state index is 0.136. The Morgan fingerprint density at radius 1 is 0.884 bits per heavy atom. The lowest BCUT2D eigenvalue weighted by Crippen LogP contribution is -2.30. The van der Waals surface area contributed by atoms with Gasteiger partial charge in [0.1, 0.15) is 5.82 Å². The number of aliphatic hydroxyl groups is 2. The number of carboxylic acid groups (broad SMARTS) is 1. The summed E-state index contributed by atoms with van der Waals surface area (Å²) in [4.78, 5) is 38.9. The number of halogens is 1. The molecule has 4 aromatic rings. The summed E-state index contributed by atoms with van der Waals surface area (Å²) in [5.41, 5.74) is 3.82. The minimum Gasteiger partial charge on any atom is -0.481 e. The predicted molar refractivity (Wildman–Crippen MR) is 162 cm³/mol. The first-order valence-corrected chi connectivity index (χ1v) is 14.1. The molecule has 2 amide bonds. The fourth-order valence-corrected chi connectivity index (χ4v) is 5.41. The average Bonchev–Trinajstić information content (AvgIpc) is 3.33. The van der Waals surface area contributed by atoms with Gasteiger partial charge in [-0.05, 0) is 66.3 Å². The molecule has 0 fully saturated rings. The first-order chi connectivity index (χ1) is 20.6. The van der Waals surface area contributed by atoms with Crippen molar-refractivity contribution in [1.82, 2.24) is 4.57 Å². The number of aliphatic carboxylic acids is 1. The van der Waals surface area contributed by atoms with E-state index in [2.05, 4.69) is 0 Å². The molecule has 3 aromatic carbocycles. The van der Waals surface area contributed by atoms with Crippen LogP contribution in [0.1, 0.15) is 55.1 Å². The molecule has 43 heavy (non-hydrogen) atoms. The zero-order chi connectivity index (χ0) is 31.1. The average molecular weight is 587 g/mol. The summed E-state index contributed by atoms with van der Waals surface area (Å²) < 4.78 is 16.0. The van der Waals surface area contributed by atoms with Crippen LogP contribution in [-0.4, -0.2) is 50.4 Å². The minimum atomic E-state index is -1.22. The van der Waals surface area contributed by atoms with Crippen LogP contribution in [0.15, 0.2) is 84.9 Å². The van der Waals surface area contributed by atoms with E-state index in [4.69, 9.17) is 5.11 Å². The van der Waals surface area contributed by atoms with E-state index in [0.717, 1.165) is 4.90 Å². The number of carbonyl (C=O) groups excluding carboxylic acids is 2. The normalized spacial score (nSPS) is 12.6. The van der Waals surface area contributed by atoms with Gasteiger partial charge in [0.25, 0.3) is 5.91 Å². The molecule has 4 rings (SSSR count). The van der Waals surface area contributed by atoms with E-state index in [0.29, 0.717) is 45.7 Å². The van der Waals surface area contributed by atoms with E-state index >= 15 is 0 Å². The number of nitrogens with zero attached hydrogens (tertiary/aromatic N) is 2. The lowest BCUT2D eigenvalue weighted by atomic mass is 9.94. The molecule has 1 heterocycles. The first-order valence-electron chi connectivity index (χ1n) is 14.1. The van der Waals surface area contributed by atoms with Gasteiger partial charge in [0, 0.05) is 17.8 Å². The number of carbonyl (C=O) groups is 3. The Morgan fingerprint density at radius 2 is 1.49 bits per heavy atom. The fraction of sp³-hybridized carbons (Fsp3) is 0.265. The molecule has 0 bridgehead atoms. The number of hydrogen-bond donors (Lipinski definition) is 3. The van der Waals surface area contributed by atoms with E-state index < -0.39 is 36.3 Å². The van der Waals surface area contributed by atoms with Gasteiger partial charge in [0.2, 0.25) is 6.41 Å². The maximum absolute atomic E-state index is 14.4. The highest BCUT2D eigenvalue weighted by molar-refractivity contribution is 6.20. The zero-order valence-corrected chi connectivity index (χ0v) is 24.1. The van der Waals surface area contributed by atoms with Crippen LogP contribution in [0.3, 0.4) is 0 Å². The van der Waals surface area contributed by atoms with Crippen LogP contribution in [0.2, 0.25) is 0 Å². The number of carboxylic acids is 1. The molecule has 0 aliphatic carbocycles. The van der Waals surface area contributed by atoms with Crippen molar-refractivity contribution >= 4 is 24.0 Å². The fourth-order valence-electron chi connectivity index (χ4n) is 5.41. The van der Waals surface area contributed by atoms with Crippen molar-refractivity contribution in [3.8, 4) is 22.4 Å². The molecule has 0 spiro atoms. The molecule has 2 atom stereocenters. The highest BCUT2D eigenvalue weighted by Gasteiger charge is 2.33. The van der Waals surface area contributed by atoms with Crippen molar-refractivity contribution in [3.63, 3.8) is 0 Å². The van der Waals surface area contributed by atoms with E-state index in [1.807, 2.05) is 48.7 Å². The Hall–Kier alpha value is -4.60. The van der Waals surface area contributed by atoms with Crippen LogP contribution < -0.4 is 4.90 Å². The summed E-state index contributed by atoms with van der Waals surface area (Å²) in [5, 5.41) is 29.8. The Bertz CT molecular complexity index is 1550. The summed E-state index contributed by atoms with van der Waals surface area (Å²) in [6, 6.07) is 23.7. The van der Waals surface area contributed by atoms with Crippen molar-refractivity contribution in [2.75, 3.05) is 4.90 Å². The third kappa shape index (κ3) is 7.25. The zero-order valence-electron chi connectivity index (χ0n) is 24.1. The quantitative estimate of drug-likeness (QED) is 0.169. The van der Waals surface area contributed by atoms with Gasteiger partial charge in [-0.3, -0.25) is 14.4 Å². The number of para-hydroxylation sites is 1. The highest BCUT2D eigenvalue weighted by Crippen LogP contribution is 2.43. The van der Waals surface area contributed by atoms with Gasteiger partial charge in [-0.25, -0.2) is 9.29 Å². The highest BCUT2D eigenvalue weighted by atomic mass is 19.1. The van der Waals surface area contributed by atoms with Gasteiger partial charge >= 0.3 is 5.97 Å². The largest absolute Gasteiger partial charge is 0.481 e. The van der Waals surface area contributed by atoms with Crippen LogP contribution in [0.5, 0.6) is 0 Å². The molecule has 224 valence electrons. The molecule has 0 saturated carbocycles. The third-order valence-electron chi connectivity index (χ3n) is 7.24. The monoisotopic (exact) mass is 586 g/mol. The summed E-state index contributed by atoms with van der Waals surface area (Å²) in [6.07, 6.45) is -2.26. The summed E-state index contributed by atoms with van der Waals surface area (Å²) in [5.74, 6) is -2.36. The number of amides is 2. The molecule has 0 saturated heterocycles. The van der Waals surface area contributed by atoms with Gasteiger partial charge in [-0.1, -0.05) is 62.4 Å². The van der Waals surface area contributed by atoms with E-state index in [1.165, 1.54) is 12.1 Å². The van der Waals surface area contributed by atoms with Gasteiger partial charge in [-0.2, -0.15) is 0 Å². The van der Waals surface area contributed by atoms with Crippen molar-refractivity contribution < 1.29 is 34.1 Å². The number of aliphatic hydroxyl groups excluding tert-OH is 2. The van der Waals surface area contributed by atoms with Gasteiger partial charge < -0.3 is 19.9 Å². The summed E-state index contributed by atoms with van der Waals surface area (Å²) >= 11 is 0. The Kier molecular flexibility index (Phi) is 10.2. The second-order valence-electron chi connectivity index (χ2n) is 10.7. The second kappa shape index (κ2) is 14.0. The predicted octanol–water partition coefficient (Wildman–Crippen LogP) is 5.86. The van der Waals surface area contributed by atoms with Crippen molar-refractivity contribution in [3.05, 3.63) is 102 Å². The lowest BCUT2D eigenvalue weighted by molar-refractivity contribution is -0.139. The number of benzene rings is 3. The third-order valence-corrected chi connectivity index (χ3v) is 7.24. The maximum atomic E-state index is 14.4. The summed E-state index contributed by atoms with van der Waals surface area (Å²) in [6.45, 7) is 4.04. The van der Waals surface area contributed by atoms with E-state index in [1.54, 1.807) is 42.5 Å². The lowest BCUT2D eigenvalue weighted by Gasteiger charge is -2.21. The van der Waals surface area contributed by atoms with Crippen molar-refractivity contribution in [2.45, 2.75) is 57.8 Å². The van der Waals surface area contributed by atoms with Crippen LogP contribution in [-0.2, 0) is 16.1 Å². The van der Waals surface area contributed by atoms with Crippen molar-refractivity contribution in [1.29, 1.82) is 0 Å². The topological polar surface area (TPSA) is 120 Å². The van der Waals surface area contributed by atoms with Gasteiger partial charge in [0.05, 0.1) is 35.6 Å². The van der Waals surface area contributed by atoms with Crippen molar-refractivity contribution in [2.24, 2.45) is 0 Å². The molecule has 1 aromatic heterocycles. The van der Waals surface area contributed by atoms with Crippen LogP contribution in [0, 0.1) is 5.82 Å². The van der Waals surface area contributed by atoms with E-state index in [9.17, 15) is 29.0 Å². The molecule has 0 aliphatic heterocycles. The molecular formula is C34H35FN2O6. The Morgan fingerprint density at radius 3 is 2.05 bits per heavy atom. The van der Waals surface area contributed by atoms with Gasteiger partial charge in [-0.15, -0.1) is 0 Å². The molecule has 8 nitrogen and oxygen atoms in total. The molecule has 0 unspecified atom stereocenters. The number of anilines is 1. The number of hydrogen-bond acceptors (Lipinski definition) is 5. The molecular weight excluding hydrogens is 551 g/mol. The van der Waals surface area contributed by atoms with E-state index in [-0.39, 0.29) is 25.3 Å². The number of imide groups is 1. The number of aromatic nitrogens is 1. The SMILES string of the molecule is CC(C)c1c(C(=O)N(C=O)c2ccccc2)c(-c2ccccc2)c(-c2ccc(F)cc2)n1CC[C@@H](O)C[C@@H](O)CC(=O)O. The van der Waals surface area contributed by atoms with Crippen LogP contribution in [0.25, 0.3) is 22.4 Å². The first kappa shape index (κ1) is 31.3. The maximum Gasteiger partial charge on any atom is 0.305 e. The van der Waals surface area contributed by atoms with Crippen LogP contribution >= 0.6 is 0 Å². The van der Waals surface area contributed by atoms with Gasteiger partial charge in [0.15, 0.2) is 0 Å². The molecule has 9 heteroatoms. The second-order valence-corrected chi connectivity index (χ2v) is 10.7. The molecule has 3 N–H and O–H groups in total. The van der Waals surface area contributed by atoms with Crippen LogP contribution in [0.4, 0.5) is 10.1 Å². The smallest absolute Gasteiger partial charge is 0.305 e. The molecule has 0 radical (unpaired) electrons. The number of rotatable bonds is 13. The standard InChI is InChI=1S/C34H35FN2O6/c1-22(2)32-31(34(43)37(21-38)26-11-7-4-8-12-26)30(23-9-5-3-6-10-23)33(24-13-15-25(35)16-14-24)36(32)18-17-27(39)19-28(40)20-29(41)42/h3-16,21-22,27-28,39-40H,17-20H2,1-2H3,(H,41,42)/t27-,28-/m1/s1. The summed E-state index contributed by atoms with van der Waals surface area (Å²) in [7, 11) is 0. The Balaban J connectivity index is 1.96. The molecule has 0 aliphatic rings. The Labute approximate surface area is 249 Å².